The zero-order valence-corrected chi connectivity index (χ0v) is 13.7. The molecular weight excluding hydrogens is 358 g/mol. The Hall–Kier alpha value is -2.54. The van der Waals surface area contributed by atoms with Crippen molar-refractivity contribution in [3.05, 3.63) is 59.1 Å². The average Bonchev–Trinajstić information content (AvgIpc) is 2.59. The van der Waals surface area contributed by atoms with E-state index in [0.29, 0.717) is 18.7 Å². The number of aromatic nitrogens is 3. The maximum Gasteiger partial charge on any atom is 0.252 e. The first-order valence-corrected chi connectivity index (χ1v) is 7.86. The Labute approximate surface area is 141 Å². The fraction of sp³-hybridized carbons (Fsp3) is 0.125. The van der Waals surface area contributed by atoms with Crippen LogP contribution in [0.3, 0.4) is 0 Å². The Bertz CT molecular complexity index is 825. The summed E-state index contributed by atoms with van der Waals surface area (Å²) in [6.07, 6.45) is 6.64. The molecule has 0 aliphatic rings. The molecule has 0 unspecified atom stereocenters. The molecule has 0 aliphatic carbocycles. The third-order valence-corrected chi connectivity index (χ3v) is 3.63. The number of hydrogen-bond donors (Lipinski definition) is 2. The summed E-state index contributed by atoms with van der Waals surface area (Å²) in [6.45, 7) is 1.08. The monoisotopic (exact) mass is 371 g/mol. The predicted molar refractivity (Wildman–Crippen MR) is 92.3 cm³/mol. The third kappa shape index (κ3) is 3.81. The molecule has 0 aliphatic heterocycles. The number of carbonyl (C=O) groups is 1. The Morgan fingerprint density at radius 2 is 2.04 bits per heavy atom. The molecule has 0 radical (unpaired) electrons. The van der Waals surface area contributed by atoms with Crippen molar-refractivity contribution in [3.8, 4) is 0 Å². The number of carbonyl (C=O) groups excluding carboxylic acids is 1. The van der Waals surface area contributed by atoms with Crippen LogP contribution >= 0.6 is 15.9 Å². The fourth-order valence-electron chi connectivity index (χ4n) is 2.12. The van der Waals surface area contributed by atoms with Gasteiger partial charge in [-0.2, -0.15) is 0 Å². The molecule has 3 heterocycles. The van der Waals surface area contributed by atoms with Gasteiger partial charge in [-0.25, -0.2) is 0 Å². The van der Waals surface area contributed by atoms with E-state index < -0.39 is 0 Å². The first-order chi connectivity index (χ1) is 11.2. The lowest BCUT2D eigenvalue weighted by molar-refractivity contribution is 0.0955. The van der Waals surface area contributed by atoms with Gasteiger partial charge in [0.25, 0.3) is 5.91 Å². The second-order valence-electron chi connectivity index (χ2n) is 4.80. The molecule has 1 amide bonds. The smallest absolute Gasteiger partial charge is 0.252 e. The van der Waals surface area contributed by atoms with Crippen LogP contribution in [-0.2, 0) is 0 Å². The predicted octanol–water partition coefficient (Wildman–Crippen LogP) is 2.63. The number of rotatable bonds is 5. The molecule has 6 nitrogen and oxygen atoms in total. The van der Waals surface area contributed by atoms with Crippen LogP contribution in [0.2, 0.25) is 0 Å². The first kappa shape index (κ1) is 15.4. The first-order valence-electron chi connectivity index (χ1n) is 7.06. The molecule has 0 fully saturated rings. The van der Waals surface area contributed by atoms with Crippen molar-refractivity contribution in [2.75, 3.05) is 18.4 Å². The van der Waals surface area contributed by atoms with Crippen LogP contribution in [0.15, 0.2) is 53.5 Å². The lowest BCUT2D eigenvalue weighted by Crippen LogP contribution is -2.28. The summed E-state index contributed by atoms with van der Waals surface area (Å²) in [5, 5.41) is 6.11. The average molecular weight is 372 g/mol. The summed E-state index contributed by atoms with van der Waals surface area (Å²) >= 11 is 3.38. The summed E-state index contributed by atoms with van der Waals surface area (Å²) in [4.78, 5) is 24.5. The minimum atomic E-state index is -0.137. The Balaban J connectivity index is 1.58. The summed E-state index contributed by atoms with van der Waals surface area (Å²) in [5.74, 6) is -0.137. The van der Waals surface area contributed by atoms with E-state index in [1.165, 1.54) is 0 Å². The number of halogens is 1. The van der Waals surface area contributed by atoms with Gasteiger partial charge in [0, 0.05) is 42.3 Å². The summed E-state index contributed by atoms with van der Waals surface area (Å²) in [7, 11) is 0. The van der Waals surface area contributed by atoms with Crippen LogP contribution in [0.5, 0.6) is 0 Å². The Kier molecular flexibility index (Phi) is 4.77. The normalized spacial score (nSPS) is 10.5. The van der Waals surface area contributed by atoms with Gasteiger partial charge in [0.2, 0.25) is 0 Å². The van der Waals surface area contributed by atoms with Crippen molar-refractivity contribution in [3.63, 3.8) is 0 Å². The molecule has 0 atom stereocenters. The standard InChI is InChI=1S/C16H14BrN5O/c17-12-8-14-15(22-10-12)13(3-5-19-14)20-6-7-21-16(23)11-2-1-4-18-9-11/h1-5,8-10H,6-7H2,(H,19,20)(H,21,23). The van der Waals surface area contributed by atoms with Gasteiger partial charge >= 0.3 is 0 Å². The van der Waals surface area contributed by atoms with Crippen LogP contribution in [0.25, 0.3) is 11.0 Å². The Morgan fingerprint density at radius 1 is 1.13 bits per heavy atom. The lowest BCUT2D eigenvalue weighted by atomic mass is 10.2. The molecule has 3 aromatic rings. The largest absolute Gasteiger partial charge is 0.381 e. The second-order valence-corrected chi connectivity index (χ2v) is 5.72. The maximum absolute atomic E-state index is 11.9. The summed E-state index contributed by atoms with van der Waals surface area (Å²) < 4.78 is 0.887. The van der Waals surface area contributed by atoms with Crippen molar-refractivity contribution >= 4 is 38.6 Å². The van der Waals surface area contributed by atoms with E-state index in [1.54, 1.807) is 36.9 Å². The molecule has 0 saturated carbocycles. The second kappa shape index (κ2) is 7.15. The van der Waals surface area contributed by atoms with E-state index >= 15 is 0 Å². The van der Waals surface area contributed by atoms with Crippen LogP contribution in [0, 0.1) is 0 Å². The maximum atomic E-state index is 11.9. The molecular formula is C16H14BrN5O. The minimum absolute atomic E-state index is 0.137. The van der Waals surface area contributed by atoms with E-state index in [9.17, 15) is 4.79 Å². The molecule has 116 valence electrons. The van der Waals surface area contributed by atoms with Gasteiger partial charge in [-0.15, -0.1) is 0 Å². The molecule has 3 rings (SSSR count). The highest BCUT2D eigenvalue weighted by Gasteiger charge is 2.05. The molecule has 23 heavy (non-hydrogen) atoms. The van der Waals surface area contributed by atoms with Crippen LogP contribution < -0.4 is 10.6 Å². The van der Waals surface area contributed by atoms with Crippen molar-refractivity contribution in [1.29, 1.82) is 0 Å². The van der Waals surface area contributed by atoms with E-state index in [4.69, 9.17) is 0 Å². The highest BCUT2D eigenvalue weighted by atomic mass is 79.9. The van der Waals surface area contributed by atoms with Crippen molar-refractivity contribution in [2.45, 2.75) is 0 Å². The zero-order chi connectivity index (χ0) is 16.1. The fourth-order valence-corrected chi connectivity index (χ4v) is 2.44. The molecule has 2 N–H and O–H groups in total. The quantitative estimate of drug-likeness (QED) is 0.673. The topological polar surface area (TPSA) is 79.8 Å². The number of hydrogen-bond acceptors (Lipinski definition) is 5. The van der Waals surface area contributed by atoms with E-state index in [0.717, 1.165) is 21.2 Å². The van der Waals surface area contributed by atoms with Gasteiger partial charge in [-0.05, 0) is 40.2 Å². The van der Waals surface area contributed by atoms with E-state index in [1.807, 2.05) is 12.1 Å². The molecule has 0 spiro atoms. The number of pyridine rings is 3. The molecule has 3 aromatic heterocycles. The summed E-state index contributed by atoms with van der Waals surface area (Å²) in [5.41, 5.74) is 3.05. The van der Waals surface area contributed by atoms with Crippen LogP contribution in [-0.4, -0.2) is 33.9 Å². The van der Waals surface area contributed by atoms with Crippen molar-refractivity contribution < 1.29 is 4.79 Å². The third-order valence-electron chi connectivity index (χ3n) is 3.19. The van der Waals surface area contributed by atoms with Gasteiger partial charge < -0.3 is 10.6 Å². The van der Waals surface area contributed by atoms with Gasteiger partial charge in [-0.1, -0.05) is 0 Å². The van der Waals surface area contributed by atoms with Crippen LogP contribution in [0.4, 0.5) is 5.69 Å². The number of fused-ring (bicyclic) bond motifs is 1. The lowest BCUT2D eigenvalue weighted by Gasteiger charge is -2.09. The number of nitrogens with zero attached hydrogens (tertiary/aromatic N) is 3. The van der Waals surface area contributed by atoms with Gasteiger partial charge in [-0.3, -0.25) is 19.7 Å². The number of anilines is 1. The molecule has 0 aromatic carbocycles. The minimum Gasteiger partial charge on any atom is -0.381 e. The van der Waals surface area contributed by atoms with Crippen LogP contribution in [0.1, 0.15) is 10.4 Å². The highest BCUT2D eigenvalue weighted by molar-refractivity contribution is 9.10. The van der Waals surface area contributed by atoms with Gasteiger partial charge in [0.05, 0.1) is 16.8 Å². The Morgan fingerprint density at radius 3 is 2.87 bits per heavy atom. The number of nitrogens with one attached hydrogen (secondary N) is 2. The van der Waals surface area contributed by atoms with Crippen molar-refractivity contribution in [1.82, 2.24) is 20.3 Å². The van der Waals surface area contributed by atoms with Gasteiger partial charge in [0.1, 0.15) is 5.52 Å². The number of amides is 1. The molecule has 7 heteroatoms. The highest BCUT2D eigenvalue weighted by Crippen LogP contribution is 2.21. The molecule has 0 bridgehead atoms. The zero-order valence-electron chi connectivity index (χ0n) is 12.2. The SMILES string of the molecule is O=C(NCCNc1ccnc2cc(Br)cnc12)c1cccnc1. The van der Waals surface area contributed by atoms with E-state index in [-0.39, 0.29) is 5.91 Å². The van der Waals surface area contributed by atoms with E-state index in [2.05, 4.69) is 41.5 Å². The van der Waals surface area contributed by atoms with Crippen molar-refractivity contribution in [2.24, 2.45) is 0 Å². The summed E-state index contributed by atoms with van der Waals surface area (Å²) in [6, 6.07) is 7.25. The van der Waals surface area contributed by atoms with Gasteiger partial charge in [0.15, 0.2) is 0 Å². The molecule has 0 saturated heterocycles.